The maximum Gasteiger partial charge on any atom is 0.233 e. The Balaban J connectivity index is 1.34. The molecule has 1 aromatic carbocycles. The van der Waals surface area contributed by atoms with Crippen molar-refractivity contribution in [1.82, 2.24) is 10.2 Å². The van der Waals surface area contributed by atoms with E-state index in [9.17, 15) is 14.4 Å². The molecular weight excluding hydrogens is 344 g/mol. The number of hydrogen-bond acceptors (Lipinski definition) is 4. The summed E-state index contributed by atoms with van der Waals surface area (Å²) in [5.74, 6) is -0.0273. The van der Waals surface area contributed by atoms with E-state index in [1.54, 1.807) is 0 Å². The normalized spacial score (nSPS) is 23.5. The molecular formula is C21H24N2O4. The second kappa shape index (κ2) is 7.18. The number of para-hydroxylation sites is 1. The van der Waals surface area contributed by atoms with Gasteiger partial charge < -0.3 is 9.73 Å². The third-order valence-corrected chi connectivity index (χ3v) is 5.74. The van der Waals surface area contributed by atoms with Crippen LogP contribution >= 0.6 is 0 Å². The van der Waals surface area contributed by atoms with Crippen molar-refractivity contribution < 1.29 is 18.8 Å². The summed E-state index contributed by atoms with van der Waals surface area (Å²) in [5.41, 5.74) is 0.782. The Kier molecular flexibility index (Phi) is 4.72. The fraction of sp³-hybridized carbons (Fsp3) is 0.476. The molecule has 1 saturated heterocycles. The van der Waals surface area contributed by atoms with Gasteiger partial charge in [-0.05, 0) is 31.9 Å². The first-order valence-corrected chi connectivity index (χ1v) is 9.67. The molecule has 1 N–H and O–H groups in total. The number of furan rings is 1. The molecule has 4 rings (SSSR count). The monoisotopic (exact) mass is 368 g/mol. The third-order valence-electron chi connectivity index (χ3n) is 5.74. The predicted molar refractivity (Wildman–Crippen MR) is 99.6 cm³/mol. The van der Waals surface area contributed by atoms with Crippen molar-refractivity contribution in [2.75, 3.05) is 6.54 Å². The maximum absolute atomic E-state index is 12.5. The molecule has 27 heavy (non-hydrogen) atoms. The number of fused-ring (bicyclic) bond motifs is 2. The Hall–Kier alpha value is -2.63. The quantitative estimate of drug-likeness (QED) is 0.822. The highest BCUT2D eigenvalue weighted by atomic mass is 16.3. The number of benzene rings is 1. The number of nitrogens with zero attached hydrogens (tertiary/aromatic N) is 1. The van der Waals surface area contributed by atoms with Crippen LogP contribution in [0.15, 0.2) is 34.7 Å². The molecule has 0 bridgehead atoms. The van der Waals surface area contributed by atoms with Crippen molar-refractivity contribution >= 4 is 28.7 Å². The predicted octanol–water partition coefficient (Wildman–Crippen LogP) is 3.18. The number of carbonyl (C=O) groups is 3. The Labute approximate surface area is 157 Å². The Bertz CT molecular complexity index is 830. The molecule has 142 valence electrons. The van der Waals surface area contributed by atoms with Crippen LogP contribution in [0, 0.1) is 11.8 Å². The average molecular weight is 368 g/mol. The van der Waals surface area contributed by atoms with Crippen LogP contribution in [-0.4, -0.2) is 29.2 Å². The van der Waals surface area contributed by atoms with E-state index < -0.39 is 0 Å². The standard InChI is InChI=1S/C21H24N2O4/c1-13(18-12-14-6-2-5-9-17(14)27-18)22-19(24)10-11-23-20(25)15-7-3-4-8-16(15)21(23)26/h2,5-6,9,12-13,15-16H,3-4,7-8,10-11H2,1H3,(H,22,24)/t13-,15+,16+/m0/s1. The average Bonchev–Trinajstić information content (AvgIpc) is 3.21. The van der Waals surface area contributed by atoms with Crippen LogP contribution < -0.4 is 5.32 Å². The summed E-state index contributed by atoms with van der Waals surface area (Å²) in [6.07, 6.45) is 3.70. The molecule has 3 atom stereocenters. The summed E-state index contributed by atoms with van der Waals surface area (Å²) in [4.78, 5) is 38.6. The summed E-state index contributed by atoms with van der Waals surface area (Å²) in [6, 6.07) is 9.32. The fourth-order valence-corrected chi connectivity index (χ4v) is 4.27. The van der Waals surface area contributed by atoms with Gasteiger partial charge in [-0.2, -0.15) is 0 Å². The van der Waals surface area contributed by atoms with Crippen LogP contribution in [0.3, 0.4) is 0 Å². The number of amides is 3. The molecule has 3 amide bonds. The van der Waals surface area contributed by atoms with E-state index in [1.807, 2.05) is 37.3 Å². The lowest BCUT2D eigenvalue weighted by molar-refractivity contribution is -0.140. The number of nitrogens with one attached hydrogen (secondary N) is 1. The summed E-state index contributed by atoms with van der Waals surface area (Å²) in [6.45, 7) is 2.01. The zero-order valence-corrected chi connectivity index (χ0v) is 15.4. The van der Waals surface area contributed by atoms with E-state index in [0.29, 0.717) is 5.76 Å². The van der Waals surface area contributed by atoms with Gasteiger partial charge in [0.25, 0.3) is 0 Å². The second-order valence-electron chi connectivity index (χ2n) is 7.55. The van der Waals surface area contributed by atoms with Crippen LogP contribution in [0.25, 0.3) is 11.0 Å². The van der Waals surface area contributed by atoms with E-state index in [1.165, 1.54) is 4.90 Å². The zero-order chi connectivity index (χ0) is 19.0. The summed E-state index contributed by atoms with van der Waals surface area (Å²) in [5, 5.41) is 3.88. The maximum atomic E-state index is 12.5. The van der Waals surface area contributed by atoms with Gasteiger partial charge in [-0.25, -0.2) is 0 Å². The number of likely N-dealkylation sites (tertiary alicyclic amines) is 1. The van der Waals surface area contributed by atoms with Crippen molar-refractivity contribution in [3.05, 3.63) is 36.1 Å². The Morgan fingerprint density at radius 3 is 2.52 bits per heavy atom. The molecule has 1 aliphatic heterocycles. The van der Waals surface area contributed by atoms with Crippen molar-refractivity contribution in [1.29, 1.82) is 0 Å². The molecule has 6 heteroatoms. The molecule has 1 aromatic heterocycles. The van der Waals surface area contributed by atoms with Crippen molar-refractivity contribution in [3.63, 3.8) is 0 Å². The van der Waals surface area contributed by atoms with Gasteiger partial charge in [0.15, 0.2) is 0 Å². The fourth-order valence-electron chi connectivity index (χ4n) is 4.27. The van der Waals surface area contributed by atoms with Crippen molar-refractivity contribution in [2.45, 2.75) is 45.1 Å². The first-order valence-electron chi connectivity index (χ1n) is 9.67. The SMILES string of the molecule is C[C@H](NC(=O)CCN1C(=O)[C@@H]2CCCC[C@H]2C1=O)c1cc2ccccc2o1. The van der Waals surface area contributed by atoms with E-state index in [2.05, 4.69) is 5.32 Å². The van der Waals surface area contributed by atoms with Gasteiger partial charge in [0.05, 0.1) is 17.9 Å². The smallest absolute Gasteiger partial charge is 0.233 e. The largest absolute Gasteiger partial charge is 0.459 e. The highest BCUT2D eigenvalue weighted by molar-refractivity contribution is 6.05. The molecule has 2 aliphatic rings. The minimum absolute atomic E-state index is 0.0946. The third kappa shape index (κ3) is 3.36. The second-order valence-corrected chi connectivity index (χ2v) is 7.55. The summed E-state index contributed by atoms with van der Waals surface area (Å²) in [7, 11) is 0. The Morgan fingerprint density at radius 2 is 1.85 bits per heavy atom. The minimum Gasteiger partial charge on any atom is -0.459 e. The summed E-state index contributed by atoms with van der Waals surface area (Å²) >= 11 is 0. The molecule has 0 unspecified atom stereocenters. The molecule has 1 saturated carbocycles. The van der Waals surface area contributed by atoms with Crippen LogP contribution in [0.5, 0.6) is 0 Å². The topological polar surface area (TPSA) is 79.6 Å². The zero-order valence-electron chi connectivity index (χ0n) is 15.4. The number of carbonyl (C=O) groups excluding carboxylic acids is 3. The van der Waals surface area contributed by atoms with E-state index in [-0.39, 0.29) is 48.6 Å². The first kappa shape index (κ1) is 17.8. The lowest BCUT2D eigenvalue weighted by Gasteiger charge is -2.19. The van der Waals surface area contributed by atoms with Gasteiger partial charge in [-0.15, -0.1) is 0 Å². The molecule has 6 nitrogen and oxygen atoms in total. The van der Waals surface area contributed by atoms with Crippen molar-refractivity contribution in [3.8, 4) is 0 Å². The molecule has 2 fully saturated rings. The number of imide groups is 1. The van der Waals surface area contributed by atoms with Gasteiger partial charge in [0, 0.05) is 18.4 Å². The number of rotatable bonds is 5. The van der Waals surface area contributed by atoms with Crippen LogP contribution in [0.2, 0.25) is 0 Å². The first-order chi connectivity index (χ1) is 13.0. The molecule has 0 radical (unpaired) electrons. The Morgan fingerprint density at radius 1 is 1.19 bits per heavy atom. The molecule has 1 aliphatic carbocycles. The van der Waals surface area contributed by atoms with E-state index >= 15 is 0 Å². The lowest BCUT2D eigenvalue weighted by Crippen LogP contribution is -2.36. The van der Waals surface area contributed by atoms with Gasteiger partial charge in [-0.3, -0.25) is 19.3 Å². The number of hydrogen-bond donors (Lipinski definition) is 1. The van der Waals surface area contributed by atoms with Crippen LogP contribution in [0.4, 0.5) is 0 Å². The van der Waals surface area contributed by atoms with Gasteiger partial charge in [0.1, 0.15) is 11.3 Å². The van der Waals surface area contributed by atoms with Crippen LogP contribution in [0.1, 0.15) is 50.8 Å². The summed E-state index contributed by atoms with van der Waals surface area (Å²) < 4.78 is 5.77. The minimum atomic E-state index is -0.280. The lowest BCUT2D eigenvalue weighted by atomic mass is 9.81. The highest BCUT2D eigenvalue weighted by Crippen LogP contribution is 2.38. The highest BCUT2D eigenvalue weighted by Gasteiger charge is 2.47. The van der Waals surface area contributed by atoms with E-state index in [0.717, 1.165) is 36.7 Å². The van der Waals surface area contributed by atoms with Gasteiger partial charge >= 0.3 is 0 Å². The van der Waals surface area contributed by atoms with E-state index in [4.69, 9.17) is 4.42 Å². The molecule has 2 aromatic rings. The van der Waals surface area contributed by atoms with Gasteiger partial charge in [0.2, 0.25) is 17.7 Å². The molecule has 2 heterocycles. The van der Waals surface area contributed by atoms with Crippen LogP contribution in [-0.2, 0) is 14.4 Å². The van der Waals surface area contributed by atoms with Gasteiger partial charge in [-0.1, -0.05) is 31.0 Å². The van der Waals surface area contributed by atoms with Crippen molar-refractivity contribution in [2.24, 2.45) is 11.8 Å². The molecule has 0 spiro atoms.